The highest BCUT2D eigenvalue weighted by atomic mass is 16.3. The predicted molar refractivity (Wildman–Crippen MR) is 87.6 cm³/mol. The highest BCUT2D eigenvalue weighted by Gasteiger charge is 2.15. The molecule has 5 nitrogen and oxygen atoms in total. The number of H-pyrrole nitrogens is 1. The molecule has 0 amide bonds. The van der Waals surface area contributed by atoms with E-state index >= 15 is 0 Å². The molecule has 0 aliphatic carbocycles. The molecule has 2 N–H and O–H groups in total. The van der Waals surface area contributed by atoms with Crippen LogP contribution in [-0.2, 0) is 6.54 Å². The van der Waals surface area contributed by atoms with Crippen molar-refractivity contribution >= 4 is 0 Å². The van der Waals surface area contributed by atoms with E-state index in [2.05, 4.69) is 27.3 Å². The molecule has 1 saturated heterocycles. The van der Waals surface area contributed by atoms with Crippen molar-refractivity contribution in [3.63, 3.8) is 0 Å². The first-order chi connectivity index (χ1) is 10.7. The number of furan rings is 1. The van der Waals surface area contributed by atoms with Crippen molar-refractivity contribution in [1.82, 2.24) is 20.4 Å². The molecule has 1 aliphatic heterocycles. The Morgan fingerprint density at radius 1 is 1.36 bits per heavy atom. The van der Waals surface area contributed by atoms with Crippen LogP contribution < -0.4 is 5.32 Å². The van der Waals surface area contributed by atoms with Crippen LogP contribution in [0.4, 0.5) is 0 Å². The Morgan fingerprint density at radius 3 is 2.91 bits per heavy atom. The summed E-state index contributed by atoms with van der Waals surface area (Å²) in [4.78, 5) is 2.57. The number of aromatic nitrogens is 2. The fourth-order valence-electron chi connectivity index (χ4n) is 3.15. The first kappa shape index (κ1) is 15.3. The summed E-state index contributed by atoms with van der Waals surface area (Å²) in [6.07, 6.45) is 4.60. The van der Waals surface area contributed by atoms with Crippen molar-refractivity contribution in [2.24, 2.45) is 5.92 Å². The molecule has 0 aromatic carbocycles. The van der Waals surface area contributed by atoms with Gasteiger partial charge in [-0.3, -0.25) is 5.10 Å². The normalized spacial score (nSPS) is 17.2. The minimum atomic E-state index is 0.666. The molecule has 0 bridgehead atoms. The van der Waals surface area contributed by atoms with Gasteiger partial charge in [-0.15, -0.1) is 0 Å². The van der Waals surface area contributed by atoms with Crippen LogP contribution in [0.5, 0.6) is 0 Å². The average molecular weight is 302 g/mol. The highest BCUT2D eigenvalue weighted by Crippen LogP contribution is 2.23. The maximum atomic E-state index is 5.68. The molecule has 3 rings (SSSR count). The highest BCUT2D eigenvalue weighted by molar-refractivity contribution is 5.56. The van der Waals surface area contributed by atoms with Crippen LogP contribution in [0.3, 0.4) is 0 Å². The summed E-state index contributed by atoms with van der Waals surface area (Å²) in [5.41, 5.74) is 2.13. The third kappa shape index (κ3) is 3.78. The SMILES string of the molecule is Cc1ccc(-c2[nH]ncc2CNCC(C)CN2CCCC2)o1. The van der Waals surface area contributed by atoms with Gasteiger partial charge < -0.3 is 14.6 Å². The topological polar surface area (TPSA) is 57.1 Å². The van der Waals surface area contributed by atoms with Gasteiger partial charge in [-0.2, -0.15) is 5.10 Å². The zero-order valence-electron chi connectivity index (χ0n) is 13.6. The van der Waals surface area contributed by atoms with E-state index in [-0.39, 0.29) is 0 Å². The number of nitrogens with zero attached hydrogens (tertiary/aromatic N) is 2. The number of nitrogens with one attached hydrogen (secondary N) is 2. The van der Waals surface area contributed by atoms with Crippen molar-refractivity contribution in [3.8, 4) is 11.5 Å². The molecule has 0 spiro atoms. The van der Waals surface area contributed by atoms with Gasteiger partial charge in [-0.25, -0.2) is 0 Å². The summed E-state index contributed by atoms with van der Waals surface area (Å²) in [6.45, 7) is 9.86. The van der Waals surface area contributed by atoms with Crippen molar-refractivity contribution < 1.29 is 4.42 Å². The second-order valence-electron chi connectivity index (χ2n) is 6.42. The average Bonchev–Trinajstić information content (AvgIpc) is 3.20. The summed E-state index contributed by atoms with van der Waals surface area (Å²) < 4.78 is 5.68. The minimum Gasteiger partial charge on any atom is -0.460 e. The van der Waals surface area contributed by atoms with Crippen LogP contribution >= 0.6 is 0 Å². The van der Waals surface area contributed by atoms with E-state index in [0.29, 0.717) is 5.92 Å². The van der Waals surface area contributed by atoms with Gasteiger partial charge in [0.05, 0.1) is 6.20 Å². The molecule has 1 atom stereocenters. The number of rotatable bonds is 7. The zero-order valence-corrected chi connectivity index (χ0v) is 13.6. The smallest absolute Gasteiger partial charge is 0.152 e. The van der Waals surface area contributed by atoms with Crippen molar-refractivity contribution in [3.05, 3.63) is 29.7 Å². The third-order valence-electron chi connectivity index (χ3n) is 4.28. The molecule has 5 heteroatoms. The molecule has 22 heavy (non-hydrogen) atoms. The molecule has 1 fully saturated rings. The molecular formula is C17H26N4O. The Labute approximate surface area is 132 Å². The Hall–Kier alpha value is -1.59. The van der Waals surface area contributed by atoms with Crippen LogP contribution in [-0.4, -0.2) is 41.3 Å². The molecular weight excluding hydrogens is 276 g/mol. The Balaban J connectivity index is 1.48. The summed E-state index contributed by atoms with van der Waals surface area (Å²) in [7, 11) is 0. The maximum absolute atomic E-state index is 5.68. The predicted octanol–water partition coefficient (Wildman–Crippen LogP) is 2.80. The molecule has 0 saturated carbocycles. The fourth-order valence-corrected chi connectivity index (χ4v) is 3.15. The number of hydrogen-bond acceptors (Lipinski definition) is 4. The van der Waals surface area contributed by atoms with Gasteiger partial charge in [0.1, 0.15) is 11.5 Å². The Morgan fingerprint density at radius 2 is 2.18 bits per heavy atom. The summed E-state index contributed by atoms with van der Waals surface area (Å²) in [5.74, 6) is 2.44. The monoisotopic (exact) mass is 302 g/mol. The summed E-state index contributed by atoms with van der Waals surface area (Å²) in [5, 5.41) is 10.7. The Bertz CT molecular complexity index is 583. The number of aryl methyl sites for hydroxylation is 1. The molecule has 1 unspecified atom stereocenters. The van der Waals surface area contributed by atoms with E-state index in [0.717, 1.165) is 35.9 Å². The van der Waals surface area contributed by atoms with E-state index in [1.807, 2.05) is 25.3 Å². The number of aromatic amines is 1. The molecule has 120 valence electrons. The summed E-state index contributed by atoms with van der Waals surface area (Å²) >= 11 is 0. The lowest BCUT2D eigenvalue weighted by molar-refractivity contribution is 0.282. The van der Waals surface area contributed by atoms with Gasteiger partial charge in [0.2, 0.25) is 0 Å². The first-order valence-electron chi connectivity index (χ1n) is 8.24. The van der Waals surface area contributed by atoms with Crippen LogP contribution in [0, 0.1) is 12.8 Å². The second kappa shape index (κ2) is 7.11. The van der Waals surface area contributed by atoms with Crippen LogP contribution in [0.1, 0.15) is 31.1 Å². The number of likely N-dealkylation sites (tertiary alicyclic amines) is 1. The molecule has 2 aromatic heterocycles. The molecule has 0 radical (unpaired) electrons. The van der Waals surface area contributed by atoms with Crippen molar-refractivity contribution in [2.75, 3.05) is 26.2 Å². The van der Waals surface area contributed by atoms with Crippen molar-refractivity contribution in [2.45, 2.75) is 33.2 Å². The van der Waals surface area contributed by atoms with E-state index < -0.39 is 0 Å². The largest absolute Gasteiger partial charge is 0.460 e. The van der Waals surface area contributed by atoms with Crippen molar-refractivity contribution in [1.29, 1.82) is 0 Å². The number of hydrogen-bond donors (Lipinski definition) is 2. The lowest BCUT2D eigenvalue weighted by Gasteiger charge is -2.20. The molecule has 3 heterocycles. The van der Waals surface area contributed by atoms with Gasteiger partial charge in [0.25, 0.3) is 0 Å². The quantitative estimate of drug-likeness (QED) is 0.826. The van der Waals surface area contributed by atoms with Gasteiger partial charge in [0, 0.05) is 18.7 Å². The molecule has 2 aromatic rings. The lowest BCUT2D eigenvalue weighted by Crippen LogP contribution is -2.31. The minimum absolute atomic E-state index is 0.666. The standard InChI is InChI=1S/C17H26N4O/c1-13(12-21-7-3-4-8-21)9-18-10-15-11-19-20-17(15)16-6-5-14(2)22-16/h5-6,11,13,18H,3-4,7-10,12H2,1-2H3,(H,19,20). The third-order valence-corrected chi connectivity index (χ3v) is 4.28. The van der Waals surface area contributed by atoms with Crippen LogP contribution in [0.25, 0.3) is 11.5 Å². The van der Waals surface area contributed by atoms with E-state index in [4.69, 9.17) is 4.42 Å². The van der Waals surface area contributed by atoms with E-state index in [9.17, 15) is 0 Å². The first-order valence-corrected chi connectivity index (χ1v) is 8.24. The maximum Gasteiger partial charge on any atom is 0.152 e. The summed E-state index contributed by atoms with van der Waals surface area (Å²) in [6, 6.07) is 3.97. The van der Waals surface area contributed by atoms with E-state index in [1.165, 1.54) is 32.5 Å². The van der Waals surface area contributed by atoms with Gasteiger partial charge in [-0.05, 0) is 57.5 Å². The molecule has 1 aliphatic rings. The van der Waals surface area contributed by atoms with Gasteiger partial charge in [-0.1, -0.05) is 6.92 Å². The van der Waals surface area contributed by atoms with Crippen LogP contribution in [0.2, 0.25) is 0 Å². The van der Waals surface area contributed by atoms with Gasteiger partial charge >= 0.3 is 0 Å². The van der Waals surface area contributed by atoms with Crippen LogP contribution in [0.15, 0.2) is 22.7 Å². The second-order valence-corrected chi connectivity index (χ2v) is 6.42. The van der Waals surface area contributed by atoms with E-state index in [1.54, 1.807) is 0 Å². The fraction of sp³-hybridized carbons (Fsp3) is 0.588. The van der Waals surface area contributed by atoms with Gasteiger partial charge in [0.15, 0.2) is 5.76 Å². The Kier molecular flexibility index (Phi) is 4.95. The zero-order chi connectivity index (χ0) is 15.4. The lowest BCUT2D eigenvalue weighted by atomic mass is 10.1.